The molecule has 2 heterocycles. The standard InChI is InChI=1S/C15H30N4O4S.ClH/c1-18(9-10-23-2)24(21,22)19-8-4-5-13(12-19)11-17-15(20)14-6-3-7-16-14;/h13-14,16H,3-12H2,1-2H3,(H,17,20);1H. The fraction of sp³-hybridized carbons (Fsp3) is 0.933. The lowest BCUT2D eigenvalue weighted by atomic mass is 9.99. The van der Waals surface area contributed by atoms with Crippen LogP contribution in [-0.2, 0) is 19.7 Å². The SMILES string of the molecule is COCCN(C)S(=O)(=O)N1CCCC(CNC(=O)C2CCCN2)C1.Cl. The molecule has 0 aromatic carbocycles. The Morgan fingerprint density at radius 3 is 2.76 bits per heavy atom. The van der Waals surface area contributed by atoms with Crippen molar-refractivity contribution in [3.8, 4) is 0 Å². The van der Waals surface area contributed by atoms with Crippen molar-refractivity contribution in [3.05, 3.63) is 0 Å². The topological polar surface area (TPSA) is 91.0 Å². The van der Waals surface area contributed by atoms with Crippen LogP contribution >= 0.6 is 12.4 Å². The second kappa shape index (κ2) is 10.6. The van der Waals surface area contributed by atoms with E-state index in [0.717, 1.165) is 32.2 Å². The van der Waals surface area contributed by atoms with Gasteiger partial charge in [-0.3, -0.25) is 4.79 Å². The Balaban J connectivity index is 0.00000312. The molecule has 8 nitrogen and oxygen atoms in total. The number of piperidine rings is 1. The molecule has 2 fully saturated rings. The number of amides is 1. The molecule has 0 aromatic heterocycles. The quantitative estimate of drug-likeness (QED) is 0.591. The summed E-state index contributed by atoms with van der Waals surface area (Å²) in [6.07, 6.45) is 3.66. The van der Waals surface area contributed by atoms with E-state index in [2.05, 4.69) is 10.6 Å². The molecule has 2 N–H and O–H groups in total. The Labute approximate surface area is 157 Å². The van der Waals surface area contributed by atoms with Crippen molar-refractivity contribution in [2.45, 2.75) is 31.7 Å². The molecule has 2 atom stereocenters. The Bertz CT molecular complexity index is 514. The summed E-state index contributed by atoms with van der Waals surface area (Å²) < 4.78 is 33.0. The third kappa shape index (κ3) is 6.33. The second-order valence-electron chi connectivity index (χ2n) is 6.58. The van der Waals surface area contributed by atoms with Gasteiger partial charge in [-0.25, -0.2) is 0 Å². The summed E-state index contributed by atoms with van der Waals surface area (Å²) in [6, 6.07) is -0.0893. The van der Waals surface area contributed by atoms with Crippen molar-refractivity contribution in [2.24, 2.45) is 5.92 Å². The van der Waals surface area contributed by atoms with Crippen LogP contribution < -0.4 is 10.6 Å². The predicted octanol–water partition coefficient (Wildman–Crippen LogP) is -0.189. The van der Waals surface area contributed by atoms with E-state index in [-0.39, 0.29) is 30.3 Å². The Kier molecular flexibility index (Phi) is 9.61. The van der Waals surface area contributed by atoms with Crippen molar-refractivity contribution < 1.29 is 17.9 Å². The number of nitrogens with one attached hydrogen (secondary N) is 2. The van der Waals surface area contributed by atoms with Crippen molar-refractivity contribution in [2.75, 3.05) is 53.5 Å². The van der Waals surface area contributed by atoms with Gasteiger partial charge in [0.15, 0.2) is 0 Å². The van der Waals surface area contributed by atoms with E-state index in [4.69, 9.17) is 4.74 Å². The minimum Gasteiger partial charge on any atom is -0.383 e. The molecule has 0 spiro atoms. The molecule has 2 saturated heterocycles. The molecule has 2 aliphatic rings. The van der Waals surface area contributed by atoms with Crippen LogP contribution in [0.15, 0.2) is 0 Å². The Morgan fingerprint density at radius 1 is 1.36 bits per heavy atom. The van der Waals surface area contributed by atoms with Gasteiger partial charge in [0.1, 0.15) is 0 Å². The summed E-state index contributed by atoms with van der Waals surface area (Å²) in [4.78, 5) is 12.1. The van der Waals surface area contributed by atoms with Gasteiger partial charge in [-0.2, -0.15) is 17.0 Å². The van der Waals surface area contributed by atoms with E-state index in [1.165, 1.54) is 8.61 Å². The molecule has 0 bridgehead atoms. The monoisotopic (exact) mass is 398 g/mol. The van der Waals surface area contributed by atoms with E-state index >= 15 is 0 Å². The zero-order valence-corrected chi connectivity index (χ0v) is 16.7. The number of halogens is 1. The fourth-order valence-corrected chi connectivity index (χ4v) is 4.67. The van der Waals surface area contributed by atoms with Gasteiger partial charge in [0, 0.05) is 40.3 Å². The van der Waals surface area contributed by atoms with Crippen molar-refractivity contribution in [3.63, 3.8) is 0 Å². The first-order valence-electron chi connectivity index (χ1n) is 8.66. The van der Waals surface area contributed by atoms with Crippen LogP contribution in [0.5, 0.6) is 0 Å². The molecule has 0 radical (unpaired) electrons. The zero-order valence-electron chi connectivity index (χ0n) is 15.1. The molecule has 25 heavy (non-hydrogen) atoms. The van der Waals surface area contributed by atoms with E-state index in [0.29, 0.717) is 32.8 Å². The van der Waals surface area contributed by atoms with Crippen molar-refractivity contribution in [1.29, 1.82) is 0 Å². The van der Waals surface area contributed by atoms with E-state index in [1.807, 2.05) is 0 Å². The molecule has 1 amide bonds. The number of hydrogen-bond acceptors (Lipinski definition) is 5. The Hall–Kier alpha value is -0.450. The third-order valence-electron chi connectivity index (χ3n) is 4.75. The van der Waals surface area contributed by atoms with Gasteiger partial charge in [0.25, 0.3) is 10.2 Å². The zero-order chi connectivity index (χ0) is 17.6. The average Bonchev–Trinajstić information content (AvgIpc) is 3.12. The van der Waals surface area contributed by atoms with Gasteiger partial charge >= 0.3 is 0 Å². The van der Waals surface area contributed by atoms with Gasteiger partial charge < -0.3 is 15.4 Å². The van der Waals surface area contributed by atoms with Crippen LogP contribution in [-0.4, -0.2) is 82.5 Å². The molecule has 2 unspecified atom stereocenters. The molecule has 2 rings (SSSR count). The lowest BCUT2D eigenvalue weighted by Crippen LogP contribution is -2.50. The number of carbonyl (C=O) groups is 1. The number of ether oxygens (including phenoxy) is 1. The molecule has 2 aliphatic heterocycles. The minimum atomic E-state index is -3.46. The van der Waals surface area contributed by atoms with Gasteiger partial charge in [-0.05, 0) is 38.1 Å². The van der Waals surface area contributed by atoms with Crippen LogP contribution in [0.2, 0.25) is 0 Å². The first kappa shape index (κ1) is 22.6. The van der Waals surface area contributed by atoms with Gasteiger partial charge in [0.05, 0.1) is 12.6 Å². The minimum absolute atomic E-state index is 0. The van der Waals surface area contributed by atoms with Crippen LogP contribution in [0.4, 0.5) is 0 Å². The smallest absolute Gasteiger partial charge is 0.281 e. The number of nitrogens with zero attached hydrogens (tertiary/aromatic N) is 2. The highest BCUT2D eigenvalue weighted by atomic mass is 35.5. The molecule has 0 saturated carbocycles. The summed E-state index contributed by atoms with van der Waals surface area (Å²) in [5.41, 5.74) is 0. The number of methoxy groups -OCH3 is 1. The maximum atomic E-state index is 12.6. The normalized spacial score (nSPS) is 24.9. The van der Waals surface area contributed by atoms with Gasteiger partial charge in [-0.15, -0.1) is 12.4 Å². The lowest BCUT2D eigenvalue weighted by molar-refractivity contribution is -0.123. The van der Waals surface area contributed by atoms with Crippen LogP contribution in [0.3, 0.4) is 0 Å². The summed E-state index contributed by atoms with van der Waals surface area (Å²) in [5.74, 6) is 0.194. The predicted molar refractivity (Wildman–Crippen MR) is 99.0 cm³/mol. The molecule has 148 valence electrons. The number of rotatable bonds is 8. The third-order valence-corrected chi connectivity index (χ3v) is 6.71. The first-order valence-corrected chi connectivity index (χ1v) is 10.1. The summed E-state index contributed by atoms with van der Waals surface area (Å²) in [7, 11) is -0.330. The lowest BCUT2D eigenvalue weighted by Gasteiger charge is -2.34. The van der Waals surface area contributed by atoms with Crippen LogP contribution in [0.1, 0.15) is 25.7 Å². The summed E-state index contributed by atoms with van der Waals surface area (Å²) >= 11 is 0. The maximum absolute atomic E-state index is 12.6. The highest BCUT2D eigenvalue weighted by molar-refractivity contribution is 7.86. The fourth-order valence-electron chi connectivity index (χ4n) is 3.21. The molecule has 0 aliphatic carbocycles. The second-order valence-corrected chi connectivity index (χ2v) is 8.62. The molecular formula is C15H31ClN4O4S. The van der Waals surface area contributed by atoms with Crippen LogP contribution in [0.25, 0.3) is 0 Å². The summed E-state index contributed by atoms with van der Waals surface area (Å²) in [6.45, 7) is 3.13. The molecule has 10 heteroatoms. The average molecular weight is 399 g/mol. The maximum Gasteiger partial charge on any atom is 0.281 e. The Morgan fingerprint density at radius 2 is 2.12 bits per heavy atom. The number of hydrogen-bond donors (Lipinski definition) is 2. The highest BCUT2D eigenvalue weighted by Gasteiger charge is 2.32. The molecule has 0 aromatic rings. The van der Waals surface area contributed by atoms with Crippen molar-refractivity contribution in [1.82, 2.24) is 19.2 Å². The largest absolute Gasteiger partial charge is 0.383 e. The number of likely N-dealkylation sites (N-methyl/N-ethyl adjacent to an activating group) is 1. The van der Waals surface area contributed by atoms with Crippen LogP contribution in [0, 0.1) is 5.92 Å². The summed E-state index contributed by atoms with van der Waals surface area (Å²) in [5, 5.41) is 6.15. The number of carbonyl (C=O) groups excluding carboxylic acids is 1. The van der Waals surface area contributed by atoms with Gasteiger partial charge in [0.2, 0.25) is 5.91 Å². The highest BCUT2D eigenvalue weighted by Crippen LogP contribution is 2.20. The van der Waals surface area contributed by atoms with Crippen molar-refractivity contribution >= 4 is 28.5 Å². The molecular weight excluding hydrogens is 368 g/mol. The van der Waals surface area contributed by atoms with Gasteiger partial charge in [-0.1, -0.05) is 0 Å². The van der Waals surface area contributed by atoms with E-state index in [9.17, 15) is 13.2 Å². The van der Waals surface area contributed by atoms with E-state index in [1.54, 1.807) is 14.2 Å². The van der Waals surface area contributed by atoms with E-state index < -0.39 is 10.2 Å². The first-order chi connectivity index (χ1) is 11.4.